The van der Waals surface area contributed by atoms with Gasteiger partial charge in [0.25, 0.3) is 0 Å². The number of carbonyl (C=O) groups is 1. The lowest BCUT2D eigenvalue weighted by atomic mass is 9.88. The van der Waals surface area contributed by atoms with Crippen molar-refractivity contribution in [3.8, 4) is 5.75 Å². The molecule has 0 bridgehead atoms. The van der Waals surface area contributed by atoms with Crippen LogP contribution in [0.4, 0.5) is 0 Å². The van der Waals surface area contributed by atoms with Crippen LogP contribution in [0.2, 0.25) is 0 Å². The fourth-order valence-corrected chi connectivity index (χ4v) is 4.14. The minimum Gasteiger partial charge on any atom is -0.512 e. The maximum Gasteiger partial charge on any atom is 0.339 e. The van der Waals surface area contributed by atoms with Gasteiger partial charge >= 0.3 is 5.97 Å². The van der Waals surface area contributed by atoms with Gasteiger partial charge in [0, 0.05) is 25.4 Å². The van der Waals surface area contributed by atoms with Crippen LogP contribution in [0.1, 0.15) is 35.5 Å². The average molecular weight is 431 g/mol. The second kappa shape index (κ2) is 9.62. The molecule has 1 N–H and O–H groups in total. The number of aliphatic hydroxyl groups excluding tert-OH is 1. The van der Waals surface area contributed by atoms with Gasteiger partial charge in [0.05, 0.1) is 43.3 Å². The molecule has 7 heteroatoms. The molecular formula is C25H25N3O4. The lowest BCUT2D eigenvalue weighted by molar-refractivity contribution is -0.137. The minimum atomic E-state index is -0.615. The number of ether oxygens (including phenoxy) is 2. The van der Waals surface area contributed by atoms with Gasteiger partial charge in [0.1, 0.15) is 11.5 Å². The van der Waals surface area contributed by atoms with E-state index in [1.807, 2.05) is 60.7 Å². The van der Waals surface area contributed by atoms with E-state index >= 15 is 0 Å². The van der Waals surface area contributed by atoms with E-state index in [2.05, 4.69) is 14.9 Å². The third-order valence-corrected chi connectivity index (χ3v) is 5.60. The van der Waals surface area contributed by atoms with Crippen LogP contribution >= 0.6 is 0 Å². The van der Waals surface area contributed by atoms with E-state index < -0.39 is 12.0 Å². The zero-order valence-electron chi connectivity index (χ0n) is 18.0. The first-order valence-electron chi connectivity index (χ1n) is 10.3. The summed E-state index contributed by atoms with van der Waals surface area (Å²) in [6.07, 6.45) is 3.63. The summed E-state index contributed by atoms with van der Waals surface area (Å²) in [4.78, 5) is 24.0. The number of aliphatic hydroxyl groups is 1. The van der Waals surface area contributed by atoms with Gasteiger partial charge < -0.3 is 14.6 Å². The molecule has 0 radical (unpaired) electrons. The standard InChI is InChI=1S/C25H25N3O4/c1-31-18-9-7-8-17(14-18)16-28-21(19-10-3-5-12-26-19)15-22(29)23(25(30)32-2)24(28)20-11-4-6-13-27-20/h3-14,21,24,29H,15-16H2,1-2H3/t21-,24-/m1/s1. The Labute approximate surface area is 187 Å². The highest BCUT2D eigenvalue weighted by molar-refractivity contribution is 5.90. The van der Waals surface area contributed by atoms with E-state index in [-0.39, 0.29) is 23.8 Å². The minimum absolute atomic E-state index is 0.00921. The fraction of sp³-hybridized carbons (Fsp3) is 0.240. The summed E-state index contributed by atoms with van der Waals surface area (Å²) in [6, 6.07) is 18.1. The van der Waals surface area contributed by atoms with E-state index in [4.69, 9.17) is 9.47 Å². The Balaban J connectivity index is 1.87. The maximum absolute atomic E-state index is 12.8. The number of esters is 1. The highest BCUT2D eigenvalue weighted by Gasteiger charge is 2.42. The number of pyridine rings is 2. The van der Waals surface area contributed by atoms with E-state index in [1.54, 1.807) is 19.5 Å². The molecule has 0 fully saturated rings. The van der Waals surface area contributed by atoms with Crippen LogP contribution in [0.25, 0.3) is 0 Å². The molecule has 1 aliphatic rings. The van der Waals surface area contributed by atoms with Gasteiger partial charge in [-0.15, -0.1) is 0 Å². The number of nitrogens with zero attached hydrogens (tertiary/aromatic N) is 3. The normalized spacial score (nSPS) is 18.9. The largest absolute Gasteiger partial charge is 0.512 e. The van der Waals surface area contributed by atoms with Crippen molar-refractivity contribution < 1.29 is 19.4 Å². The van der Waals surface area contributed by atoms with Crippen LogP contribution in [0.3, 0.4) is 0 Å². The number of carbonyl (C=O) groups excluding carboxylic acids is 1. The number of rotatable bonds is 6. The summed E-state index contributed by atoms with van der Waals surface area (Å²) < 4.78 is 10.4. The van der Waals surface area contributed by atoms with Gasteiger partial charge in [-0.25, -0.2) is 4.79 Å². The van der Waals surface area contributed by atoms with Gasteiger partial charge in [0.15, 0.2) is 0 Å². The molecule has 0 spiro atoms. The van der Waals surface area contributed by atoms with Crippen molar-refractivity contribution >= 4 is 5.97 Å². The summed E-state index contributed by atoms with van der Waals surface area (Å²) in [5.41, 5.74) is 2.63. The van der Waals surface area contributed by atoms with Gasteiger partial charge in [-0.2, -0.15) is 0 Å². The Morgan fingerprint density at radius 3 is 2.38 bits per heavy atom. The van der Waals surface area contributed by atoms with Crippen LogP contribution in [-0.4, -0.2) is 40.2 Å². The zero-order chi connectivity index (χ0) is 22.5. The summed E-state index contributed by atoms with van der Waals surface area (Å²) in [7, 11) is 2.94. The molecule has 32 heavy (non-hydrogen) atoms. The molecule has 1 aliphatic heterocycles. The Morgan fingerprint density at radius 2 is 1.75 bits per heavy atom. The van der Waals surface area contributed by atoms with Crippen molar-refractivity contribution in [1.29, 1.82) is 0 Å². The summed E-state index contributed by atoms with van der Waals surface area (Å²) >= 11 is 0. The molecule has 164 valence electrons. The highest BCUT2D eigenvalue weighted by atomic mass is 16.5. The second-order valence-corrected chi connectivity index (χ2v) is 7.51. The van der Waals surface area contributed by atoms with Crippen LogP contribution in [0.15, 0.2) is 84.4 Å². The van der Waals surface area contributed by atoms with Crippen molar-refractivity contribution in [3.05, 3.63) is 101 Å². The van der Waals surface area contributed by atoms with E-state index in [1.165, 1.54) is 7.11 Å². The molecule has 0 saturated carbocycles. The van der Waals surface area contributed by atoms with Gasteiger partial charge in [0.2, 0.25) is 0 Å². The molecule has 0 saturated heterocycles. The van der Waals surface area contributed by atoms with Crippen molar-refractivity contribution in [2.24, 2.45) is 0 Å². The fourth-order valence-electron chi connectivity index (χ4n) is 4.14. The number of methoxy groups -OCH3 is 2. The molecule has 3 heterocycles. The summed E-state index contributed by atoms with van der Waals surface area (Å²) in [5.74, 6) is 0.160. The quantitative estimate of drug-likeness (QED) is 0.587. The topological polar surface area (TPSA) is 84.8 Å². The molecule has 7 nitrogen and oxygen atoms in total. The first-order chi connectivity index (χ1) is 15.6. The van der Waals surface area contributed by atoms with Gasteiger partial charge in [-0.3, -0.25) is 14.9 Å². The van der Waals surface area contributed by atoms with Crippen LogP contribution in [0.5, 0.6) is 5.75 Å². The van der Waals surface area contributed by atoms with E-state index in [0.717, 1.165) is 17.0 Å². The first-order valence-corrected chi connectivity index (χ1v) is 10.3. The third kappa shape index (κ3) is 4.33. The SMILES string of the molecule is COC(=O)C1=C(O)C[C@H](c2ccccn2)N(Cc2cccc(OC)c2)[C@@H]1c1ccccn1. The molecular weight excluding hydrogens is 406 g/mol. The summed E-state index contributed by atoms with van der Waals surface area (Å²) in [6.45, 7) is 0.480. The van der Waals surface area contributed by atoms with Crippen LogP contribution in [0, 0.1) is 0 Å². The molecule has 1 aromatic carbocycles. The number of hydrogen-bond donors (Lipinski definition) is 1. The van der Waals surface area contributed by atoms with E-state index in [0.29, 0.717) is 12.2 Å². The number of benzene rings is 1. The van der Waals surface area contributed by atoms with Gasteiger partial charge in [-0.05, 0) is 42.0 Å². The molecule has 0 unspecified atom stereocenters. The third-order valence-electron chi connectivity index (χ3n) is 5.60. The van der Waals surface area contributed by atoms with Crippen LogP contribution < -0.4 is 4.74 Å². The van der Waals surface area contributed by atoms with Crippen molar-refractivity contribution in [3.63, 3.8) is 0 Å². The Hall–Kier alpha value is -3.71. The zero-order valence-corrected chi connectivity index (χ0v) is 18.0. The lowest BCUT2D eigenvalue weighted by Crippen LogP contribution is -2.40. The number of hydrogen-bond acceptors (Lipinski definition) is 7. The van der Waals surface area contributed by atoms with Gasteiger partial charge in [-0.1, -0.05) is 24.3 Å². The number of aromatic nitrogens is 2. The summed E-state index contributed by atoms with van der Waals surface area (Å²) in [5, 5.41) is 11.0. The Bertz CT molecular complexity index is 1100. The first kappa shape index (κ1) is 21.5. The smallest absolute Gasteiger partial charge is 0.339 e. The Kier molecular flexibility index (Phi) is 6.47. The molecule has 3 aromatic rings. The molecule has 0 aliphatic carbocycles. The predicted molar refractivity (Wildman–Crippen MR) is 119 cm³/mol. The average Bonchev–Trinajstić information content (AvgIpc) is 2.85. The van der Waals surface area contributed by atoms with Crippen LogP contribution in [-0.2, 0) is 16.1 Å². The molecule has 2 aromatic heterocycles. The predicted octanol–water partition coefficient (Wildman–Crippen LogP) is 4.16. The van der Waals surface area contributed by atoms with Crippen molar-refractivity contribution in [2.45, 2.75) is 25.0 Å². The second-order valence-electron chi connectivity index (χ2n) is 7.51. The van der Waals surface area contributed by atoms with Crippen molar-refractivity contribution in [1.82, 2.24) is 14.9 Å². The Morgan fingerprint density at radius 1 is 1.03 bits per heavy atom. The lowest BCUT2D eigenvalue weighted by Gasteiger charge is -2.41. The maximum atomic E-state index is 12.8. The molecule has 0 amide bonds. The molecule has 4 rings (SSSR count). The monoisotopic (exact) mass is 431 g/mol. The molecule has 2 atom stereocenters. The van der Waals surface area contributed by atoms with Crippen molar-refractivity contribution in [2.75, 3.05) is 14.2 Å². The highest BCUT2D eigenvalue weighted by Crippen LogP contribution is 2.44. The van der Waals surface area contributed by atoms with E-state index in [9.17, 15) is 9.90 Å².